The van der Waals surface area contributed by atoms with E-state index in [1.807, 2.05) is 0 Å². The van der Waals surface area contributed by atoms with E-state index in [2.05, 4.69) is 0 Å². The van der Waals surface area contributed by atoms with Crippen molar-refractivity contribution < 1.29 is 19.4 Å². The van der Waals surface area contributed by atoms with Gasteiger partial charge < -0.3 is 15.2 Å². The normalized spacial score (nSPS) is 19.3. The van der Waals surface area contributed by atoms with Gasteiger partial charge in [0.15, 0.2) is 12.4 Å². The second-order valence-electron chi connectivity index (χ2n) is 3.94. The van der Waals surface area contributed by atoms with Gasteiger partial charge in [0.1, 0.15) is 6.04 Å². The first kappa shape index (κ1) is 11.4. The molecule has 2 rings (SSSR count). The zero-order valence-corrected chi connectivity index (χ0v) is 9.07. The lowest BCUT2D eigenvalue weighted by Crippen LogP contribution is -2.40. The van der Waals surface area contributed by atoms with Gasteiger partial charge in [-0.15, -0.1) is 0 Å². The van der Waals surface area contributed by atoms with Gasteiger partial charge in [-0.05, 0) is 12.8 Å². The minimum Gasteiger partial charge on any atom is -0.619 e. The predicted molar refractivity (Wildman–Crippen MR) is 57.1 cm³/mol. The zero-order chi connectivity index (χ0) is 12.4. The molecule has 0 aromatic carbocycles. The van der Waals surface area contributed by atoms with E-state index in [0.717, 1.165) is 0 Å². The first-order chi connectivity index (χ1) is 8.09. The highest BCUT2D eigenvalue weighted by Gasteiger charge is 2.34. The number of likely N-dealkylation sites (tertiary alicyclic amines) is 1. The lowest BCUT2D eigenvalue weighted by Gasteiger charge is -2.21. The number of aromatic nitrogens is 1. The molecule has 1 aliphatic heterocycles. The summed E-state index contributed by atoms with van der Waals surface area (Å²) >= 11 is 0. The highest BCUT2D eigenvalue weighted by Crippen LogP contribution is 2.19. The fourth-order valence-corrected chi connectivity index (χ4v) is 1.99. The van der Waals surface area contributed by atoms with Gasteiger partial charge in [-0.2, -0.15) is 4.73 Å². The monoisotopic (exact) mass is 236 g/mol. The van der Waals surface area contributed by atoms with Gasteiger partial charge in [-0.25, -0.2) is 4.79 Å². The third kappa shape index (κ3) is 2.20. The van der Waals surface area contributed by atoms with Crippen molar-refractivity contribution in [2.75, 3.05) is 6.54 Å². The Morgan fingerprint density at radius 3 is 2.65 bits per heavy atom. The molecular weight excluding hydrogens is 224 g/mol. The number of amides is 1. The molecule has 2 heterocycles. The van der Waals surface area contributed by atoms with Crippen LogP contribution in [0.3, 0.4) is 0 Å². The van der Waals surface area contributed by atoms with Crippen LogP contribution in [0, 0.1) is 5.21 Å². The van der Waals surface area contributed by atoms with E-state index in [9.17, 15) is 14.8 Å². The second-order valence-corrected chi connectivity index (χ2v) is 3.94. The molecule has 6 nitrogen and oxygen atoms in total. The molecule has 6 heteroatoms. The summed E-state index contributed by atoms with van der Waals surface area (Å²) in [6.07, 6.45) is 3.62. The summed E-state index contributed by atoms with van der Waals surface area (Å²) in [6.45, 7) is 0.446. The van der Waals surface area contributed by atoms with Gasteiger partial charge in [-0.3, -0.25) is 4.79 Å². The van der Waals surface area contributed by atoms with E-state index in [-0.39, 0.29) is 5.91 Å². The third-order valence-corrected chi connectivity index (χ3v) is 2.85. The largest absolute Gasteiger partial charge is 0.619 e. The first-order valence-corrected chi connectivity index (χ1v) is 5.32. The maximum Gasteiger partial charge on any atom is 0.326 e. The van der Waals surface area contributed by atoms with Crippen LogP contribution in [0.25, 0.3) is 0 Å². The molecule has 0 radical (unpaired) electrons. The molecule has 90 valence electrons. The van der Waals surface area contributed by atoms with Crippen LogP contribution in [-0.4, -0.2) is 34.5 Å². The average molecular weight is 236 g/mol. The fraction of sp³-hybridized carbons (Fsp3) is 0.364. The Bertz CT molecular complexity index is 443. The van der Waals surface area contributed by atoms with Crippen molar-refractivity contribution in [2.45, 2.75) is 18.9 Å². The predicted octanol–water partition coefficient (Wildman–Crippen LogP) is 0.00920. The lowest BCUT2D eigenvalue weighted by atomic mass is 10.2. The number of aliphatic carboxylic acids is 1. The standard InChI is InChI=1S/C11H12N2O4/c14-10(8-3-6-12(17)7-4-8)13-5-1-2-9(13)11(15)16/h3-4,6-7,9H,1-2,5H2,(H,15,16). The number of rotatable bonds is 2. The molecule has 0 bridgehead atoms. The Hall–Kier alpha value is -2.11. The van der Waals surface area contributed by atoms with E-state index in [1.165, 1.54) is 29.4 Å². The SMILES string of the molecule is O=C(O)C1CCCN1C(=O)c1cc[n+]([O-])cc1. The number of carboxylic acid groups (broad SMARTS) is 1. The molecule has 1 amide bonds. The molecule has 0 spiro atoms. The third-order valence-electron chi connectivity index (χ3n) is 2.85. The molecule has 0 saturated carbocycles. The van der Waals surface area contributed by atoms with Crippen LogP contribution in [0.5, 0.6) is 0 Å². The van der Waals surface area contributed by atoms with Gasteiger partial charge in [0.05, 0.1) is 5.56 Å². The van der Waals surface area contributed by atoms with Gasteiger partial charge in [-0.1, -0.05) is 0 Å². The van der Waals surface area contributed by atoms with Crippen LogP contribution in [-0.2, 0) is 4.79 Å². The van der Waals surface area contributed by atoms with Crippen molar-refractivity contribution in [2.24, 2.45) is 0 Å². The minimum atomic E-state index is -0.981. The van der Waals surface area contributed by atoms with E-state index < -0.39 is 12.0 Å². The summed E-state index contributed by atoms with van der Waals surface area (Å²) in [6, 6.07) is 2.04. The molecular formula is C11H12N2O4. The molecule has 1 saturated heterocycles. The lowest BCUT2D eigenvalue weighted by molar-refractivity contribution is -0.605. The maximum atomic E-state index is 12.0. The number of hydrogen-bond acceptors (Lipinski definition) is 3. The topological polar surface area (TPSA) is 84.5 Å². The average Bonchev–Trinajstić information content (AvgIpc) is 2.78. The van der Waals surface area contributed by atoms with Crippen molar-refractivity contribution in [3.8, 4) is 0 Å². The molecule has 1 aromatic heterocycles. The quantitative estimate of drug-likeness (QED) is 0.579. The number of pyridine rings is 1. The Labute approximate surface area is 97.7 Å². The summed E-state index contributed by atoms with van der Waals surface area (Å²) < 4.78 is 0.579. The van der Waals surface area contributed by atoms with Crippen LogP contribution in [0.1, 0.15) is 23.2 Å². The number of hydrogen-bond donors (Lipinski definition) is 1. The smallest absolute Gasteiger partial charge is 0.326 e. The van der Waals surface area contributed by atoms with E-state index >= 15 is 0 Å². The molecule has 1 N–H and O–H groups in total. The summed E-state index contributed by atoms with van der Waals surface area (Å²) in [5.41, 5.74) is 0.338. The highest BCUT2D eigenvalue weighted by atomic mass is 16.5. The van der Waals surface area contributed by atoms with Crippen LogP contribution >= 0.6 is 0 Å². The summed E-state index contributed by atoms with van der Waals surface area (Å²) in [4.78, 5) is 24.3. The molecule has 17 heavy (non-hydrogen) atoms. The Morgan fingerprint density at radius 1 is 1.41 bits per heavy atom. The molecule has 1 fully saturated rings. The molecule has 1 unspecified atom stereocenters. The molecule has 1 aromatic rings. The van der Waals surface area contributed by atoms with Crippen molar-refractivity contribution in [1.29, 1.82) is 0 Å². The Morgan fingerprint density at radius 2 is 2.06 bits per heavy atom. The van der Waals surface area contributed by atoms with Crippen LogP contribution in [0.15, 0.2) is 24.5 Å². The second kappa shape index (κ2) is 4.40. The summed E-state index contributed by atoms with van der Waals surface area (Å²) in [5.74, 6) is -1.32. The number of carbonyl (C=O) groups excluding carboxylic acids is 1. The Balaban J connectivity index is 2.19. The van der Waals surface area contributed by atoms with E-state index in [0.29, 0.717) is 29.7 Å². The maximum absolute atomic E-state index is 12.0. The number of carboxylic acids is 1. The number of carbonyl (C=O) groups is 2. The van der Waals surface area contributed by atoms with E-state index in [4.69, 9.17) is 5.11 Å². The molecule has 1 atom stereocenters. The van der Waals surface area contributed by atoms with Gasteiger partial charge in [0.25, 0.3) is 5.91 Å². The fourth-order valence-electron chi connectivity index (χ4n) is 1.99. The van der Waals surface area contributed by atoms with E-state index in [1.54, 1.807) is 0 Å². The van der Waals surface area contributed by atoms with Gasteiger partial charge in [0.2, 0.25) is 0 Å². The highest BCUT2D eigenvalue weighted by molar-refractivity contribution is 5.96. The number of nitrogens with zero attached hydrogens (tertiary/aromatic N) is 2. The Kier molecular flexibility index (Phi) is 2.95. The van der Waals surface area contributed by atoms with Gasteiger partial charge in [0, 0.05) is 18.7 Å². The van der Waals surface area contributed by atoms with Gasteiger partial charge >= 0.3 is 5.97 Å². The van der Waals surface area contributed by atoms with Crippen molar-refractivity contribution >= 4 is 11.9 Å². The van der Waals surface area contributed by atoms with Crippen LogP contribution < -0.4 is 4.73 Å². The summed E-state index contributed by atoms with van der Waals surface area (Å²) in [7, 11) is 0. The minimum absolute atomic E-state index is 0.337. The first-order valence-electron chi connectivity index (χ1n) is 5.32. The zero-order valence-electron chi connectivity index (χ0n) is 9.07. The van der Waals surface area contributed by atoms with Crippen LogP contribution in [0.4, 0.5) is 0 Å². The molecule has 0 aliphatic carbocycles. The summed E-state index contributed by atoms with van der Waals surface area (Å²) in [5, 5.41) is 19.8. The van der Waals surface area contributed by atoms with Crippen LogP contribution in [0.2, 0.25) is 0 Å². The van der Waals surface area contributed by atoms with Crippen molar-refractivity contribution in [3.63, 3.8) is 0 Å². The molecule has 1 aliphatic rings. The van der Waals surface area contributed by atoms with Crippen molar-refractivity contribution in [1.82, 2.24) is 4.90 Å². The van der Waals surface area contributed by atoms with Crippen molar-refractivity contribution in [3.05, 3.63) is 35.3 Å².